The maximum atomic E-state index is 5.56. The number of hydrogen-bond donors (Lipinski definition) is 0. The summed E-state index contributed by atoms with van der Waals surface area (Å²) in [5.74, 6) is 1.46. The largest absolute Gasteiger partial charge is 0.495 e. The van der Waals surface area contributed by atoms with Crippen LogP contribution in [-0.4, -0.2) is 66.1 Å². The topological polar surface area (TPSA) is 64.6 Å². The van der Waals surface area contributed by atoms with Crippen LogP contribution in [0, 0.1) is 0 Å². The van der Waals surface area contributed by atoms with Crippen LogP contribution in [0.15, 0.2) is 24.0 Å². The van der Waals surface area contributed by atoms with Crippen LogP contribution in [-0.2, 0) is 33.2 Å². The molecule has 0 aliphatic rings. The molecular formula is C20H38O7. The molecule has 0 amide bonds. The molecule has 0 unspecified atom stereocenters. The van der Waals surface area contributed by atoms with Gasteiger partial charge in [0.25, 0.3) is 0 Å². The summed E-state index contributed by atoms with van der Waals surface area (Å²) in [4.78, 5) is 0. The molecule has 0 fully saturated rings. The predicted molar refractivity (Wildman–Crippen MR) is 104 cm³/mol. The lowest BCUT2D eigenvalue weighted by atomic mass is 10.4. The highest BCUT2D eigenvalue weighted by atomic mass is 16.5. The smallest absolute Gasteiger partial charge is 0.133 e. The van der Waals surface area contributed by atoms with Gasteiger partial charge in [0, 0.05) is 26.1 Å². The summed E-state index contributed by atoms with van der Waals surface area (Å²) in [5.41, 5.74) is 0. The summed E-state index contributed by atoms with van der Waals surface area (Å²) in [5, 5.41) is 0. The first-order valence-corrected chi connectivity index (χ1v) is 9.88. The minimum atomic E-state index is 0.554. The lowest BCUT2D eigenvalue weighted by Crippen LogP contribution is -2.07. The van der Waals surface area contributed by atoms with Crippen LogP contribution in [0.3, 0.4) is 0 Å². The molecule has 0 saturated heterocycles. The summed E-state index contributed by atoms with van der Waals surface area (Å²) in [6, 6.07) is 0. The van der Waals surface area contributed by atoms with Gasteiger partial charge in [0.1, 0.15) is 24.0 Å². The molecule has 0 aliphatic heterocycles. The SMILES string of the molecule is CCOCCOCCC(=COC=C(CCOCCOCC)OCC)OCC. The zero-order chi connectivity index (χ0) is 20.0. The summed E-state index contributed by atoms with van der Waals surface area (Å²) in [6.45, 7) is 13.8. The Hall–Kier alpha value is -1.28. The molecule has 7 heteroatoms. The highest BCUT2D eigenvalue weighted by Gasteiger charge is 2.02. The molecule has 0 saturated carbocycles. The van der Waals surface area contributed by atoms with Crippen molar-refractivity contribution in [2.75, 3.05) is 66.1 Å². The molecule has 0 radical (unpaired) electrons. The van der Waals surface area contributed by atoms with Gasteiger partial charge in [0.15, 0.2) is 0 Å². The molecule has 0 rings (SSSR count). The van der Waals surface area contributed by atoms with E-state index >= 15 is 0 Å². The van der Waals surface area contributed by atoms with E-state index in [9.17, 15) is 0 Å². The standard InChI is InChI=1S/C20H38O7/c1-5-21-13-15-23-11-9-19(26-7-3)17-25-18-20(27-8-4)10-12-24-16-14-22-6-2/h17-18H,5-16H2,1-4H3. The molecule has 0 spiro atoms. The van der Waals surface area contributed by atoms with Crippen molar-refractivity contribution in [3.05, 3.63) is 24.0 Å². The lowest BCUT2D eigenvalue weighted by molar-refractivity contribution is 0.0479. The van der Waals surface area contributed by atoms with Crippen LogP contribution in [0.5, 0.6) is 0 Å². The molecule has 0 aromatic carbocycles. The van der Waals surface area contributed by atoms with Gasteiger partial charge >= 0.3 is 0 Å². The average molecular weight is 391 g/mol. The van der Waals surface area contributed by atoms with Crippen molar-refractivity contribution in [3.63, 3.8) is 0 Å². The van der Waals surface area contributed by atoms with E-state index in [1.54, 1.807) is 12.5 Å². The fourth-order valence-corrected chi connectivity index (χ4v) is 1.96. The van der Waals surface area contributed by atoms with Gasteiger partial charge in [0.2, 0.25) is 0 Å². The number of rotatable bonds is 20. The van der Waals surface area contributed by atoms with Crippen molar-refractivity contribution in [2.24, 2.45) is 0 Å². The fraction of sp³-hybridized carbons (Fsp3) is 0.800. The van der Waals surface area contributed by atoms with Crippen LogP contribution < -0.4 is 0 Å². The molecule has 0 heterocycles. The van der Waals surface area contributed by atoms with Crippen molar-refractivity contribution in [3.8, 4) is 0 Å². The molecular weight excluding hydrogens is 352 g/mol. The van der Waals surface area contributed by atoms with Crippen LogP contribution in [0.25, 0.3) is 0 Å². The lowest BCUT2D eigenvalue weighted by Gasteiger charge is -2.11. The minimum Gasteiger partial charge on any atom is -0.495 e. The Morgan fingerprint density at radius 1 is 0.519 bits per heavy atom. The van der Waals surface area contributed by atoms with Gasteiger partial charge in [-0.25, -0.2) is 0 Å². The van der Waals surface area contributed by atoms with E-state index in [4.69, 9.17) is 33.2 Å². The second-order valence-corrected chi connectivity index (χ2v) is 5.29. The van der Waals surface area contributed by atoms with E-state index in [2.05, 4.69) is 0 Å². The third kappa shape index (κ3) is 17.9. The maximum Gasteiger partial charge on any atom is 0.133 e. The number of hydrogen-bond acceptors (Lipinski definition) is 7. The monoisotopic (exact) mass is 390 g/mol. The zero-order valence-electron chi connectivity index (χ0n) is 17.5. The Bertz CT molecular complexity index is 335. The summed E-state index contributed by atoms with van der Waals surface area (Å²) >= 11 is 0. The van der Waals surface area contributed by atoms with Crippen molar-refractivity contribution in [1.29, 1.82) is 0 Å². The molecule has 0 N–H and O–H groups in total. The quantitative estimate of drug-likeness (QED) is 0.232. The first kappa shape index (κ1) is 25.7. The van der Waals surface area contributed by atoms with Gasteiger partial charge in [-0.05, 0) is 27.7 Å². The van der Waals surface area contributed by atoms with E-state index in [-0.39, 0.29) is 0 Å². The second kappa shape index (κ2) is 21.0. The van der Waals surface area contributed by atoms with Crippen LogP contribution >= 0.6 is 0 Å². The Kier molecular flexibility index (Phi) is 20.0. The van der Waals surface area contributed by atoms with Crippen LogP contribution in [0.1, 0.15) is 40.5 Å². The van der Waals surface area contributed by atoms with Crippen molar-refractivity contribution < 1.29 is 33.2 Å². The zero-order valence-corrected chi connectivity index (χ0v) is 17.5. The Morgan fingerprint density at radius 3 is 1.30 bits per heavy atom. The number of ether oxygens (including phenoxy) is 7. The van der Waals surface area contributed by atoms with Gasteiger partial charge in [-0.15, -0.1) is 0 Å². The molecule has 0 bridgehead atoms. The first-order chi connectivity index (χ1) is 13.3. The van der Waals surface area contributed by atoms with Gasteiger partial charge in [-0.3, -0.25) is 0 Å². The molecule has 0 aromatic rings. The molecule has 7 nitrogen and oxygen atoms in total. The minimum absolute atomic E-state index is 0.554. The van der Waals surface area contributed by atoms with Crippen LogP contribution in [0.4, 0.5) is 0 Å². The van der Waals surface area contributed by atoms with Crippen molar-refractivity contribution in [2.45, 2.75) is 40.5 Å². The Labute approximate surface area is 164 Å². The molecule has 160 valence electrons. The van der Waals surface area contributed by atoms with E-state index in [1.165, 1.54) is 0 Å². The third-order valence-electron chi connectivity index (χ3n) is 3.20. The van der Waals surface area contributed by atoms with Gasteiger partial charge in [-0.2, -0.15) is 0 Å². The van der Waals surface area contributed by atoms with E-state index in [0.29, 0.717) is 78.9 Å². The first-order valence-electron chi connectivity index (χ1n) is 9.88. The normalized spacial score (nSPS) is 12.3. The van der Waals surface area contributed by atoms with E-state index < -0.39 is 0 Å². The van der Waals surface area contributed by atoms with Crippen molar-refractivity contribution >= 4 is 0 Å². The van der Waals surface area contributed by atoms with Crippen molar-refractivity contribution in [1.82, 2.24) is 0 Å². The molecule has 0 aromatic heterocycles. The fourth-order valence-electron chi connectivity index (χ4n) is 1.96. The van der Waals surface area contributed by atoms with E-state index in [1.807, 2.05) is 27.7 Å². The highest BCUT2D eigenvalue weighted by Crippen LogP contribution is 2.08. The average Bonchev–Trinajstić information content (AvgIpc) is 2.67. The second-order valence-electron chi connectivity index (χ2n) is 5.29. The highest BCUT2D eigenvalue weighted by molar-refractivity contribution is 4.93. The summed E-state index contributed by atoms with van der Waals surface area (Å²) < 4.78 is 38.1. The molecule has 0 atom stereocenters. The Balaban J connectivity index is 4.20. The molecule has 27 heavy (non-hydrogen) atoms. The maximum absolute atomic E-state index is 5.56. The van der Waals surface area contributed by atoms with Crippen LogP contribution in [0.2, 0.25) is 0 Å². The summed E-state index contributed by atoms with van der Waals surface area (Å²) in [6.07, 6.45) is 4.45. The van der Waals surface area contributed by atoms with E-state index in [0.717, 1.165) is 11.5 Å². The molecule has 0 aliphatic carbocycles. The predicted octanol–water partition coefficient (Wildman–Crippen LogP) is 3.65. The van der Waals surface area contributed by atoms with Gasteiger partial charge < -0.3 is 33.2 Å². The summed E-state index contributed by atoms with van der Waals surface area (Å²) in [7, 11) is 0. The Morgan fingerprint density at radius 2 is 0.926 bits per heavy atom. The third-order valence-corrected chi connectivity index (χ3v) is 3.20. The van der Waals surface area contributed by atoms with Gasteiger partial charge in [0.05, 0.1) is 52.9 Å². The van der Waals surface area contributed by atoms with Gasteiger partial charge in [-0.1, -0.05) is 0 Å².